The first-order valence-corrected chi connectivity index (χ1v) is 8.92. The molecule has 0 saturated heterocycles. The Morgan fingerprint density at radius 3 is 2.96 bits per heavy atom. The van der Waals surface area contributed by atoms with Gasteiger partial charge < -0.3 is 19.7 Å². The average molecular weight is 359 g/mol. The standard InChI is InChI=1S/C17H18BNO5S/c1-2-23-17(21)13-7-3-5-11-9-14(18(22)24-16(11)13)19-15(20)10-12-6-4-8-25-12/h3-8,14,22H,2,9-10H2,1H3,(H,19,20)/t14-/m0/s1. The van der Waals surface area contributed by atoms with Gasteiger partial charge in [-0.1, -0.05) is 18.2 Å². The molecular weight excluding hydrogens is 341 g/mol. The number of hydrogen-bond donors (Lipinski definition) is 2. The molecular formula is C17H18BNO5S. The molecule has 3 rings (SSSR count). The Morgan fingerprint density at radius 2 is 2.24 bits per heavy atom. The first-order valence-electron chi connectivity index (χ1n) is 8.04. The second kappa shape index (κ2) is 7.71. The Balaban J connectivity index is 1.72. The van der Waals surface area contributed by atoms with Crippen LogP contribution in [0.5, 0.6) is 5.75 Å². The minimum absolute atomic E-state index is 0.180. The summed E-state index contributed by atoms with van der Waals surface area (Å²) < 4.78 is 10.5. The molecule has 25 heavy (non-hydrogen) atoms. The summed E-state index contributed by atoms with van der Waals surface area (Å²) >= 11 is 1.51. The van der Waals surface area contributed by atoms with Crippen LogP contribution in [0.2, 0.25) is 0 Å². The van der Waals surface area contributed by atoms with Crippen molar-refractivity contribution < 1.29 is 24.0 Å². The Labute approximate surface area is 149 Å². The lowest BCUT2D eigenvalue weighted by atomic mass is 9.72. The van der Waals surface area contributed by atoms with Crippen molar-refractivity contribution in [2.24, 2.45) is 0 Å². The van der Waals surface area contributed by atoms with Crippen molar-refractivity contribution in [1.82, 2.24) is 5.32 Å². The van der Waals surface area contributed by atoms with Gasteiger partial charge >= 0.3 is 13.1 Å². The van der Waals surface area contributed by atoms with Gasteiger partial charge in [-0.25, -0.2) is 4.79 Å². The number of hydrogen-bond acceptors (Lipinski definition) is 6. The Hall–Kier alpha value is -2.32. The molecule has 0 unspecified atom stereocenters. The number of para-hydroxylation sites is 1. The number of carbonyl (C=O) groups excluding carboxylic acids is 2. The maximum atomic E-state index is 12.2. The minimum Gasteiger partial charge on any atom is -0.534 e. The summed E-state index contributed by atoms with van der Waals surface area (Å²) in [6.07, 6.45) is 0.635. The molecule has 6 nitrogen and oxygen atoms in total. The lowest BCUT2D eigenvalue weighted by molar-refractivity contribution is -0.120. The van der Waals surface area contributed by atoms with Crippen molar-refractivity contribution in [2.75, 3.05) is 6.61 Å². The third kappa shape index (κ3) is 4.03. The normalized spacial score (nSPS) is 15.9. The molecule has 1 amide bonds. The Bertz CT molecular complexity index is 764. The highest BCUT2D eigenvalue weighted by atomic mass is 32.1. The fraction of sp³-hybridized carbons (Fsp3) is 0.294. The molecule has 0 aliphatic carbocycles. The topological polar surface area (TPSA) is 84.9 Å². The highest BCUT2D eigenvalue weighted by molar-refractivity contribution is 7.10. The monoisotopic (exact) mass is 359 g/mol. The highest BCUT2D eigenvalue weighted by Crippen LogP contribution is 2.30. The van der Waals surface area contributed by atoms with E-state index in [9.17, 15) is 14.6 Å². The third-order valence-electron chi connectivity index (χ3n) is 3.88. The molecule has 2 N–H and O–H groups in total. The van der Waals surface area contributed by atoms with Crippen LogP contribution in [0, 0.1) is 0 Å². The van der Waals surface area contributed by atoms with Crippen LogP contribution in [0.1, 0.15) is 27.7 Å². The van der Waals surface area contributed by atoms with Gasteiger partial charge in [0, 0.05) is 4.88 Å². The lowest BCUT2D eigenvalue weighted by Gasteiger charge is -2.29. The van der Waals surface area contributed by atoms with E-state index < -0.39 is 19.0 Å². The van der Waals surface area contributed by atoms with E-state index in [1.54, 1.807) is 19.1 Å². The van der Waals surface area contributed by atoms with Crippen LogP contribution in [0.4, 0.5) is 0 Å². The molecule has 1 aliphatic heterocycles. The molecule has 1 aromatic carbocycles. The highest BCUT2D eigenvalue weighted by Gasteiger charge is 2.37. The largest absolute Gasteiger partial charge is 0.547 e. The SMILES string of the molecule is CCOC(=O)c1cccc2c1OB(O)[C@@H](NC(=O)Cc1cccs1)C2. The van der Waals surface area contributed by atoms with Gasteiger partial charge in [-0.15, -0.1) is 11.3 Å². The van der Waals surface area contributed by atoms with E-state index >= 15 is 0 Å². The molecule has 1 aromatic heterocycles. The fourth-order valence-corrected chi connectivity index (χ4v) is 3.45. The maximum absolute atomic E-state index is 12.2. The summed E-state index contributed by atoms with van der Waals surface area (Å²) in [5.74, 6) is -0.929. The summed E-state index contributed by atoms with van der Waals surface area (Å²) in [5, 5.41) is 14.9. The van der Waals surface area contributed by atoms with Gasteiger partial charge in [-0.2, -0.15) is 0 Å². The van der Waals surface area contributed by atoms with Crippen LogP contribution in [-0.4, -0.2) is 36.6 Å². The summed E-state index contributed by atoms with van der Waals surface area (Å²) in [6, 6.07) is 8.91. The van der Waals surface area contributed by atoms with Gasteiger partial charge in [-0.3, -0.25) is 4.79 Å². The molecule has 0 spiro atoms. The molecule has 1 atom stereocenters. The Morgan fingerprint density at radius 1 is 1.40 bits per heavy atom. The predicted molar refractivity (Wildman–Crippen MR) is 94.7 cm³/mol. The fourth-order valence-electron chi connectivity index (χ4n) is 2.75. The van der Waals surface area contributed by atoms with Gasteiger partial charge in [0.25, 0.3) is 0 Å². The van der Waals surface area contributed by atoms with Crippen LogP contribution < -0.4 is 9.97 Å². The lowest BCUT2D eigenvalue weighted by Crippen LogP contribution is -2.53. The number of ether oxygens (including phenoxy) is 1. The number of fused-ring (bicyclic) bond motifs is 1. The minimum atomic E-state index is -1.23. The zero-order valence-corrected chi connectivity index (χ0v) is 14.5. The zero-order chi connectivity index (χ0) is 17.8. The van der Waals surface area contributed by atoms with Crippen LogP contribution >= 0.6 is 11.3 Å². The number of amides is 1. The van der Waals surface area contributed by atoms with Crippen LogP contribution in [-0.2, 0) is 22.4 Å². The Kier molecular flexibility index (Phi) is 5.40. The molecule has 8 heteroatoms. The van der Waals surface area contributed by atoms with E-state index in [2.05, 4.69) is 5.32 Å². The van der Waals surface area contributed by atoms with Crippen molar-refractivity contribution in [3.63, 3.8) is 0 Å². The molecule has 0 radical (unpaired) electrons. The molecule has 2 heterocycles. The summed E-state index contributed by atoms with van der Waals surface area (Å²) in [5.41, 5.74) is 1.03. The number of benzene rings is 1. The third-order valence-corrected chi connectivity index (χ3v) is 4.75. The van der Waals surface area contributed by atoms with Crippen molar-refractivity contribution in [2.45, 2.75) is 25.7 Å². The summed E-state index contributed by atoms with van der Waals surface area (Å²) in [7, 11) is -1.23. The smallest absolute Gasteiger partial charge is 0.534 e. The zero-order valence-electron chi connectivity index (χ0n) is 13.7. The molecule has 0 fully saturated rings. The van der Waals surface area contributed by atoms with Crippen molar-refractivity contribution in [3.8, 4) is 5.75 Å². The quantitative estimate of drug-likeness (QED) is 0.626. The number of nitrogens with one attached hydrogen (secondary N) is 1. The molecule has 1 aliphatic rings. The maximum Gasteiger partial charge on any atom is 0.547 e. The first-order chi connectivity index (χ1) is 12.1. The van der Waals surface area contributed by atoms with E-state index in [-0.39, 0.29) is 24.5 Å². The van der Waals surface area contributed by atoms with Crippen LogP contribution in [0.15, 0.2) is 35.7 Å². The van der Waals surface area contributed by atoms with E-state index in [1.807, 2.05) is 23.6 Å². The van der Waals surface area contributed by atoms with Crippen LogP contribution in [0.3, 0.4) is 0 Å². The van der Waals surface area contributed by atoms with E-state index in [4.69, 9.17) is 9.39 Å². The first kappa shape index (κ1) is 17.5. The van der Waals surface area contributed by atoms with E-state index in [0.717, 1.165) is 10.4 Å². The van der Waals surface area contributed by atoms with Crippen molar-refractivity contribution in [3.05, 3.63) is 51.7 Å². The number of rotatable bonds is 5. The van der Waals surface area contributed by atoms with E-state index in [1.165, 1.54) is 11.3 Å². The van der Waals surface area contributed by atoms with Gasteiger partial charge in [0.1, 0.15) is 11.3 Å². The number of thiophene rings is 1. The summed E-state index contributed by atoms with van der Waals surface area (Å²) in [6.45, 7) is 1.98. The molecule has 0 saturated carbocycles. The van der Waals surface area contributed by atoms with Gasteiger partial charge in [0.2, 0.25) is 5.91 Å². The second-order valence-corrected chi connectivity index (χ2v) is 6.69. The van der Waals surface area contributed by atoms with Crippen molar-refractivity contribution >= 4 is 30.3 Å². The number of esters is 1. The van der Waals surface area contributed by atoms with Gasteiger partial charge in [0.15, 0.2) is 0 Å². The van der Waals surface area contributed by atoms with Crippen molar-refractivity contribution in [1.29, 1.82) is 0 Å². The van der Waals surface area contributed by atoms with E-state index in [0.29, 0.717) is 12.2 Å². The summed E-state index contributed by atoms with van der Waals surface area (Å²) in [4.78, 5) is 25.1. The van der Waals surface area contributed by atoms with Crippen LogP contribution in [0.25, 0.3) is 0 Å². The molecule has 130 valence electrons. The second-order valence-electron chi connectivity index (χ2n) is 5.66. The predicted octanol–water partition coefficient (Wildman–Crippen LogP) is 1.61. The van der Waals surface area contributed by atoms with Gasteiger partial charge in [-0.05, 0) is 36.4 Å². The van der Waals surface area contributed by atoms with Gasteiger partial charge in [0.05, 0.1) is 19.0 Å². The average Bonchev–Trinajstić information content (AvgIpc) is 3.08. The molecule has 2 aromatic rings. The molecule has 0 bridgehead atoms. The number of carbonyl (C=O) groups is 2.